The van der Waals surface area contributed by atoms with Gasteiger partial charge < -0.3 is 0 Å². The molecule has 1 aliphatic rings. The first-order valence-electron chi connectivity index (χ1n) is 6.08. The van der Waals surface area contributed by atoms with Crippen LogP contribution in [0.1, 0.15) is 64.7 Å². The molecular weight excluding hydrogens is 156 g/mol. The predicted molar refractivity (Wildman–Crippen MR) is 59.9 cm³/mol. The largest absolute Gasteiger partial charge is 0.0885 e. The Morgan fingerprint density at radius 1 is 0.923 bits per heavy atom. The van der Waals surface area contributed by atoms with E-state index in [9.17, 15) is 0 Å². The molecule has 1 aliphatic carbocycles. The molecule has 0 amide bonds. The van der Waals surface area contributed by atoms with Gasteiger partial charge in [0.05, 0.1) is 0 Å². The van der Waals surface area contributed by atoms with Crippen molar-refractivity contribution in [3.05, 3.63) is 12.2 Å². The molecule has 0 saturated heterocycles. The van der Waals surface area contributed by atoms with Crippen LogP contribution in [0.3, 0.4) is 0 Å². The smallest absolute Gasteiger partial charge is 0.0351 e. The number of allylic oxidation sites excluding steroid dienone is 2. The number of hydrogen-bond donors (Lipinski definition) is 0. The van der Waals surface area contributed by atoms with Crippen LogP contribution >= 0.6 is 0 Å². The summed E-state index contributed by atoms with van der Waals surface area (Å²) in [5, 5.41) is 0. The van der Waals surface area contributed by atoms with E-state index in [1.54, 1.807) is 0 Å². The second kappa shape index (κ2) is 7.17. The molecule has 0 radical (unpaired) electrons. The zero-order chi connectivity index (χ0) is 9.36. The zero-order valence-electron chi connectivity index (χ0n) is 9.10. The van der Waals surface area contributed by atoms with E-state index < -0.39 is 0 Å². The molecule has 0 unspecified atom stereocenters. The third-order valence-corrected chi connectivity index (χ3v) is 3.21. The second-order valence-electron chi connectivity index (χ2n) is 4.31. The first-order valence-corrected chi connectivity index (χ1v) is 6.08. The van der Waals surface area contributed by atoms with Crippen LogP contribution in [0.2, 0.25) is 0 Å². The SMILES string of the molecule is CCC1CCCCC=CCCCC1. The van der Waals surface area contributed by atoms with Gasteiger partial charge in [0.15, 0.2) is 0 Å². The lowest BCUT2D eigenvalue weighted by Crippen LogP contribution is -1.98. The van der Waals surface area contributed by atoms with E-state index in [-0.39, 0.29) is 0 Å². The van der Waals surface area contributed by atoms with Gasteiger partial charge in [-0.05, 0) is 31.6 Å². The average Bonchev–Trinajstić information content (AvgIpc) is 2.22. The summed E-state index contributed by atoms with van der Waals surface area (Å²) in [5.74, 6) is 1.03. The Hall–Kier alpha value is -0.260. The summed E-state index contributed by atoms with van der Waals surface area (Å²) >= 11 is 0. The maximum absolute atomic E-state index is 2.38. The van der Waals surface area contributed by atoms with Crippen LogP contribution in [0.5, 0.6) is 0 Å². The van der Waals surface area contributed by atoms with Crippen molar-refractivity contribution in [3.8, 4) is 0 Å². The van der Waals surface area contributed by atoms with E-state index in [1.807, 2.05) is 0 Å². The molecule has 0 saturated carbocycles. The minimum Gasteiger partial charge on any atom is -0.0885 e. The van der Waals surface area contributed by atoms with Crippen molar-refractivity contribution < 1.29 is 0 Å². The van der Waals surface area contributed by atoms with E-state index in [1.165, 1.54) is 57.8 Å². The van der Waals surface area contributed by atoms with Crippen LogP contribution < -0.4 is 0 Å². The highest BCUT2D eigenvalue weighted by Crippen LogP contribution is 2.21. The van der Waals surface area contributed by atoms with Gasteiger partial charge in [-0.2, -0.15) is 0 Å². The van der Waals surface area contributed by atoms with Gasteiger partial charge in [0.25, 0.3) is 0 Å². The van der Waals surface area contributed by atoms with Crippen LogP contribution in [0.15, 0.2) is 12.2 Å². The van der Waals surface area contributed by atoms with Gasteiger partial charge in [-0.25, -0.2) is 0 Å². The lowest BCUT2D eigenvalue weighted by atomic mass is 9.93. The lowest BCUT2D eigenvalue weighted by molar-refractivity contribution is 0.404. The third-order valence-electron chi connectivity index (χ3n) is 3.21. The monoisotopic (exact) mass is 180 g/mol. The third kappa shape index (κ3) is 5.13. The topological polar surface area (TPSA) is 0 Å². The molecule has 0 aromatic heterocycles. The van der Waals surface area contributed by atoms with Gasteiger partial charge >= 0.3 is 0 Å². The molecule has 1 rings (SSSR count). The Labute approximate surface area is 83.4 Å². The maximum Gasteiger partial charge on any atom is -0.0351 e. The second-order valence-corrected chi connectivity index (χ2v) is 4.31. The van der Waals surface area contributed by atoms with Crippen molar-refractivity contribution in [2.75, 3.05) is 0 Å². The van der Waals surface area contributed by atoms with E-state index >= 15 is 0 Å². The highest BCUT2D eigenvalue weighted by molar-refractivity contribution is 4.82. The molecule has 0 N–H and O–H groups in total. The Kier molecular flexibility index (Phi) is 5.97. The van der Waals surface area contributed by atoms with E-state index in [2.05, 4.69) is 19.1 Å². The quantitative estimate of drug-likeness (QED) is 0.513. The van der Waals surface area contributed by atoms with Gasteiger partial charge in [0.1, 0.15) is 0 Å². The van der Waals surface area contributed by atoms with Crippen molar-refractivity contribution in [1.29, 1.82) is 0 Å². The molecule has 0 spiro atoms. The Morgan fingerprint density at radius 2 is 1.46 bits per heavy atom. The van der Waals surface area contributed by atoms with Crippen molar-refractivity contribution in [2.24, 2.45) is 5.92 Å². The summed E-state index contributed by atoms with van der Waals surface area (Å²) in [6.07, 6.45) is 17.5. The fourth-order valence-electron chi connectivity index (χ4n) is 2.18. The van der Waals surface area contributed by atoms with Crippen LogP contribution in [-0.4, -0.2) is 0 Å². The van der Waals surface area contributed by atoms with Gasteiger partial charge in [0, 0.05) is 0 Å². The summed E-state index contributed by atoms with van der Waals surface area (Å²) in [7, 11) is 0. The molecule has 0 aromatic rings. The predicted octanol–water partition coefficient (Wildman–Crippen LogP) is 4.70. The van der Waals surface area contributed by atoms with E-state index in [4.69, 9.17) is 0 Å². The van der Waals surface area contributed by atoms with Crippen LogP contribution in [0, 0.1) is 5.92 Å². The molecular formula is C13H24. The first kappa shape index (κ1) is 10.8. The van der Waals surface area contributed by atoms with Crippen molar-refractivity contribution in [2.45, 2.75) is 64.7 Å². The van der Waals surface area contributed by atoms with Gasteiger partial charge in [0.2, 0.25) is 0 Å². The molecule has 0 fully saturated rings. The van der Waals surface area contributed by atoms with Gasteiger partial charge in [-0.1, -0.05) is 51.2 Å². The summed E-state index contributed by atoms with van der Waals surface area (Å²) in [4.78, 5) is 0. The Balaban J connectivity index is 2.25. The number of hydrogen-bond acceptors (Lipinski definition) is 0. The first-order chi connectivity index (χ1) is 6.43. The van der Waals surface area contributed by atoms with Crippen LogP contribution in [-0.2, 0) is 0 Å². The fourth-order valence-corrected chi connectivity index (χ4v) is 2.18. The average molecular weight is 180 g/mol. The van der Waals surface area contributed by atoms with Crippen molar-refractivity contribution in [1.82, 2.24) is 0 Å². The number of rotatable bonds is 1. The van der Waals surface area contributed by atoms with Gasteiger partial charge in [-0.3, -0.25) is 0 Å². The molecule has 0 nitrogen and oxygen atoms in total. The summed E-state index contributed by atoms with van der Waals surface area (Å²) in [6, 6.07) is 0. The summed E-state index contributed by atoms with van der Waals surface area (Å²) in [6.45, 7) is 2.35. The molecule has 0 atom stereocenters. The van der Waals surface area contributed by atoms with Crippen molar-refractivity contribution >= 4 is 0 Å². The minimum absolute atomic E-state index is 1.03. The molecule has 0 heterocycles. The molecule has 0 aromatic carbocycles. The summed E-state index contributed by atoms with van der Waals surface area (Å²) in [5.41, 5.74) is 0. The summed E-state index contributed by atoms with van der Waals surface area (Å²) < 4.78 is 0. The molecule has 0 bridgehead atoms. The minimum atomic E-state index is 1.03. The van der Waals surface area contributed by atoms with Crippen molar-refractivity contribution in [3.63, 3.8) is 0 Å². The lowest BCUT2D eigenvalue weighted by Gasteiger charge is -2.13. The highest BCUT2D eigenvalue weighted by atomic mass is 14.1. The Bertz CT molecular complexity index is 121. The standard InChI is InChI=1S/C13H24/c1-2-13-11-9-7-5-3-4-6-8-10-12-13/h3-4,13H,2,5-12H2,1H3. The maximum atomic E-state index is 2.38. The Morgan fingerprint density at radius 3 is 1.92 bits per heavy atom. The molecule has 13 heavy (non-hydrogen) atoms. The van der Waals surface area contributed by atoms with Crippen LogP contribution in [0.25, 0.3) is 0 Å². The molecule has 0 aliphatic heterocycles. The molecule has 0 heteroatoms. The highest BCUT2D eigenvalue weighted by Gasteiger charge is 2.05. The fraction of sp³-hybridized carbons (Fsp3) is 0.846. The molecule has 76 valence electrons. The van der Waals surface area contributed by atoms with E-state index in [0.29, 0.717) is 0 Å². The van der Waals surface area contributed by atoms with Gasteiger partial charge in [-0.15, -0.1) is 0 Å². The normalized spacial score (nSPS) is 22.5. The van der Waals surface area contributed by atoms with E-state index in [0.717, 1.165) is 5.92 Å². The van der Waals surface area contributed by atoms with Crippen LogP contribution in [0.4, 0.5) is 0 Å². The zero-order valence-corrected chi connectivity index (χ0v) is 9.10.